The van der Waals surface area contributed by atoms with Crippen LogP contribution in [-0.4, -0.2) is 17.5 Å². The van der Waals surface area contributed by atoms with Crippen molar-refractivity contribution in [2.24, 2.45) is 0 Å². The van der Waals surface area contributed by atoms with Crippen molar-refractivity contribution in [2.75, 3.05) is 18.2 Å². The van der Waals surface area contributed by atoms with E-state index in [0.717, 1.165) is 32.8 Å². The highest BCUT2D eigenvalue weighted by molar-refractivity contribution is 7.22. The van der Waals surface area contributed by atoms with Crippen LogP contribution in [0.4, 0.5) is 10.1 Å². The summed E-state index contributed by atoms with van der Waals surface area (Å²) in [5, 5.41) is 0. The van der Waals surface area contributed by atoms with E-state index in [-0.39, 0.29) is 5.75 Å². The van der Waals surface area contributed by atoms with Crippen LogP contribution < -0.4 is 15.2 Å². The number of pyridine rings is 1. The topological polar surface area (TPSA) is 57.4 Å². The summed E-state index contributed by atoms with van der Waals surface area (Å²) in [5.41, 5.74) is 7.76. The molecule has 29 heavy (non-hydrogen) atoms. The lowest BCUT2D eigenvalue weighted by Gasteiger charge is -2.08. The molecule has 0 amide bonds. The molecule has 0 radical (unpaired) electrons. The number of nitrogen functional groups attached to an aromatic ring is 1. The van der Waals surface area contributed by atoms with Crippen LogP contribution in [0.1, 0.15) is 6.42 Å². The molecule has 0 aliphatic heterocycles. The number of hydrogen-bond acceptors (Lipinski definition) is 5. The summed E-state index contributed by atoms with van der Waals surface area (Å²) >= 11 is 7.23. The van der Waals surface area contributed by atoms with Gasteiger partial charge in [-0.25, -0.2) is 4.39 Å². The Hall–Kier alpha value is -2.83. The van der Waals surface area contributed by atoms with Gasteiger partial charge in [0.25, 0.3) is 0 Å². The third-order valence-corrected chi connectivity index (χ3v) is 5.67. The molecule has 2 aromatic carbocycles. The van der Waals surface area contributed by atoms with Crippen LogP contribution in [0.3, 0.4) is 0 Å². The first-order valence-corrected chi connectivity index (χ1v) is 10.4. The molecule has 0 fully saturated rings. The van der Waals surface area contributed by atoms with Gasteiger partial charge in [0.2, 0.25) is 0 Å². The first-order chi connectivity index (χ1) is 14.1. The Morgan fingerprint density at radius 2 is 1.97 bits per heavy atom. The summed E-state index contributed by atoms with van der Waals surface area (Å²) in [6.45, 7) is 0.575. The molecule has 0 spiro atoms. The van der Waals surface area contributed by atoms with Crippen LogP contribution in [0.15, 0.2) is 60.8 Å². The standard InChI is InChI=1S/C22H18ClFN2O2S/c23-8-2-10-27-16-4-1-3-14(11-16)21-13-18-22(29-21)20(7-9-26-18)28-19-6-5-15(25)12-17(19)24/h1,3-7,9,11-13H,2,8,10,25H2. The smallest absolute Gasteiger partial charge is 0.167 e. The normalized spacial score (nSPS) is 11.0. The summed E-state index contributed by atoms with van der Waals surface area (Å²) in [4.78, 5) is 5.44. The SMILES string of the molecule is Nc1ccc(Oc2ccnc3cc(-c4cccc(OCCCCl)c4)sc23)c(F)c1. The zero-order valence-corrected chi connectivity index (χ0v) is 17.0. The van der Waals surface area contributed by atoms with Gasteiger partial charge in [0, 0.05) is 34.8 Å². The predicted molar refractivity (Wildman–Crippen MR) is 117 cm³/mol. The molecular formula is C22H18ClFN2O2S. The summed E-state index contributed by atoms with van der Waals surface area (Å²) < 4.78 is 26.5. The molecule has 0 bridgehead atoms. The van der Waals surface area contributed by atoms with Gasteiger partial charge in [-0.1, -0.05) is 12.1 Å². The van der Waals surface area contributed by atoms with Gasteiger partial charge >= 0.3 is 0 Å². The molecular weight excluding hydrogens is 411 g/mol. The van der Waals surface area contributed by atoms with Crippen molar-refractivity contribution in [1.29, 1.82) is 0 Å². The van der Waals surface area contributed by atoms with Gasteiger partial charge in [-0.3, -0.25) is 4.98 Å². The van der Waals surface area contributed by atoms with E-state index >= 15 is 0 Å². The Morgan fingerprint density at radius 1 is 1.07 bits per heavy atom. The molecule has 4 aromatic rings. The molecule has 7 heteroatoms. The number of thiophene rings is 1. The fourth-order valence-electron chi connectivity index (χ4n) is 2.84. The van der Waals surface area contributed by atoms with Crippen LogP contribution in [0.2, 0.25) is 0 Å². The number of nitrogens with zero attached hydrogens (tertiary/aromatic N) is 1. The number of aromatic nitrogens is 1. The largest absolute Gasteiger partial charge is 0.494 e. The Balaban J connectivity index is 1.65. The molecule has 0 aliphatic rings. The number of hydrogen-bond donors (Lipinski definition) is 1. The molecule has 0 aliphatic carbocycles. The first-order valence-electron chi connectivity index (χ1n) is 9.04. The highest BCUT2D eigenvalue weighted by Gasteiger charge is 2.13. The molecule has 2 heterocycles. The zero-order valence-electron chi connectivity index (χ0n) is 15.4. The van der Waals surface area contributed by atoms with Crippen LogP contribution in [0, 0.1) is 5.82 Å². The maximum atomic E-state index is 14.1. The van der Waals surface area contributed by atoms with Gasteiger partial charge in [0.1, 0.15) is 11.5 Å². The van der Waals surface area contributed by atoms with E-state index in [2.05, 4.69) is 4.98 Å². The number of ether oxygens (including phenoxy) is 2. The van der Waals surface area contributed by atoms with Gasteiger partial charge in [-0.05, 0) is 42.3 Å². The van der Waals surface area contributed by atoms with Gasteiger partial charge in [-0.2, -0.15) is 0 Å². The third-order valence-electron chi connectivity index (χ3n) is 4.22. The minimum atomic E-state index is -0.506. The molecule has 0 saturated heterocycles. The highest BCUT2D eigenvalue weighted by atomic mass is 35.5. The number of nitrogens with two attached hydrogens (primary N) is 1. The number of benzene rings is 2. The van der Waals surface area contributed by atoms with Gasteiger partial charge < -0.3 is 15.2 Å². The molecule has 0 saturated carbocycles. The van der Waals surface area contributed by atoms with E-state index in [1.54, 1.807) is 18.3 Å². The predicted octanol–water partition coefficient (Wildman–Crippen LogP) is 6.48. The van der Waals surface area contributed by atoms with Gasteiger partial charge in [0.15, 0.2) is 11.6 Å². The summed E-state index contributed by atoms with van der Waals surface area (Å²) in [5.74, 6) is 1.52. The lowest BCUT2D eigenvalue weighted by molar-refractivity contribution is 0.318. The Morgan fingerprint density at radius 3 is 2.79 bits per heavy atom. The van der Waals surface area contributed by atoms with Crippen LogP contribution >= 0.6 is 22.9 Å². The van der Waals surface area contributed by atoms with E-state index in [9.17, 15) is 4.39 Å². The molecule has 0 atom stereocenters. The van der Waals surface area contributed by atoms with E-state index < -0.39 is 5.82 Å². The Kier molecular flexibility index (Phi) is 5.83. The van der Waals surface area contributed by atoms with Crippen molar-refractivity contribution in [1.82, 2.24) is 4.98 Å². The third kappa shape index (κ3) is 4.44. The number of rotatable bonds is 7. The second-order valence-electron chi connectivity index (χ2n) is 6.34. The summed E-state index contributed by atoms with van der Waals surface area (Å²) in [7, 11) is 0. The average molecular weight is 429 g/mol. The fraction of sp³-hybridized carbons (Fsp3) is 0.136. The van der Waals surface area contributed by atoms with E-state index in [0.29, 0.717) is 23.9 Å². The maximum absolute atomic E-state index is 14.1. The van der Waals surface area contributed by atoms with Crippen LogP contribution in [0.5, 0.6) is 17.2 Å². The number of alkyl halides is 1. The van der Waals surface area contributed by atoms with E-state index in [1.165, 1.54) is 23.5 Å². The fourth-order valence-corrected chi connectivity index (χ4v) is 4.01. The summed E-state index contributed by atoms with van der Waals surface area (Å²) in [6.07, 6.45) is 2.44. The monoisotopic (exact) mass is 428 g/mol. The van der Waals surface area contributed by atoms with Gasteiger partial charge in [0.05, 0.1) is 16.8 Å². The quantitative estimate of drug-likeness (QED) is 0.208. The van der Waals surface area contributed by atoms with Crippen molar-refractivity contribution in [3.63, 3.8) is 0 Å². The number of fused-ring (bicyclic) bond motifs is 1. The minimum Gasteiger partial charge on any atom is -0.494 e. The lowest BCUT2D eigenvalue weighted by atomic mass is 10.2. The van der Waals surface area contributed by atoms with Crippen molar-refractivity contribution in [3.8, 4) is 27.7 Å². The second kappa shape index (κ2) is 8.68. The van der Waals surface area contributed by atoms with Crippen LogP contribution in [0.25, 0.3) is 20.7 Å². The van der Waals surface area contributed by atoms with Crippen molar-refractivity contribution in [3.05, 3.63) is 66.6 Å². The lowest BCUT2D eigenvalue weighted by Crippen LogP contribution is -1.97. The number of halogens is 2. The second-order valence-corrected chi connectivity index (χ2v) is 7.78. The Labute approximate surface area is 176 Å². The zero-order chi connectivity index (χ0) is 20.2. The highest BCUT2D eigenvalue weighted by Crippen LogP contribution is 2.40. The molecule has 4 rings (SSSR count). The van der Waals surface area contributed by atoms with Crippen LogP contribution in [-0.2, 0) is 0 Å². The van der Waals surface area contributed by atoms with Gasteiger partial charge in [-0.15, -0.1) is 22.9 Å². The molecule has 0 unspecified atom stereocenters. The van der Waals surface area contributed by atoms with E-state index in [4.69, 9.17) is 26.8 Å². The maximum Gasteiger partial charge on any atom is 0.167 e. The minimum absolute atomic E-state index is 0.122. The Bertz CT molecular complexity index is 1150. The summed E-state index contributed by atoms with van der Waals surface area (Å²) in [6, 6.07) is 15.9. The van der Waals surface area contributed by atoms with E-state index in [1.807, 2.05) is 30.3 Å². The molecule has 2 N–H and O–H groups in total. The molecule has 2 aromatic heterocycles. The molecule has 4 nitrogen and oxygen atoms in total. The number of anilines is 1. The molecule has 148 valence electrons. The average Bonchev–Trinajstić information content (AvgIpc) is 3.16. The van der Waals surface area contributed by atoms with Crippen molar-refractivity contribution in [2.45, 2.75) is 6.42 Å². The van der Waals surface area contributed by atoms with Crippen molar-refractivity contribution >= 4 is 38.8 Å². The first kappa shape index (κ1) is 19.5. The van der Waals surface area contributed by atoms with Crippen molar-refractivity contribution < 1.29 is 13.9 Å².